The van der Waals surface area contributed by atoms with E-state index in [1.54, 1.807) is 0 Å². The number of hydrogen-bond donors (Lipinski definition) is 1. The summed E-state index contributed by atoms with van der Waals surface area (Å²) in [6.45, 7) is 13.2. The van der Waals surface area contributed by atoms with E-state index < -0.39 is 0 Å². The molecule has 1 saturated heterocycles. The molecule has 1 rings (SSSR count). The van der Waals surface area contributed by atoms with Gasteiger partial charge in [-0.1, -0.05) is 0 Å². The molecule has 3 heteroatoms. The van der Waals surface area contributed by atoms with Gasteiger partial charge in [-0.3, -0.25) is 4.90 Å². The van der Waals surface area contributed by atoms with Crippen molar-refractivity contribution in [1.29, 1.82) is 0 Å². The quantitative estimate of drug-likeness (QED) is 0.799. The monoisotopic (exact) mass is 229 g/mol. The maximum Gasteiger partial charge on any atom is 0.0814 e. The van der Waals surface area contributed by atoms with Gasteiger partial charge in [-0.05, 0) is 47.6 Å². The summed E-state index contributed by atoms with van der Waals surface area (Å²) in [5.41, 5.74) is 0.216. The van der Waals surface area contributed by atoms with Crippen LogP contribution in [0.3, 0.4) is 0 Å². The molecule has 2 atom stereocenters. The number of likely N-dealkylation sites (tertiary alicyclic amines) is 1. The Morgan fingerprint density at radius 2 is 2.00 bits per heavy atom. The topological polar surface area (TPSA) is 32.7 Å². The van der Waals surface area contributed by atoms with Crippen LogP contribution in [0.2, 0.25) is 0 Å². The molecule has 1 N–H and O–H groups in total. The number of aliphatic hydroxyl groups excluding tert-OH is 1. The summed E-state index contributed by atoms with van der Waals surface area (Å²) in [7, 11) is 0. The van der Waals surface area contributed by atoms with Crippen molar-refractivity contribution in [3.8, 4) is 0 Å². The van der Waals surface area contributed by atoms with Crippen molar-refractivity contribution in [3.63, 3.8) is 0 Å². The molecule has 0 amide bonds. The first-order valence-corrected chi connectivity index (χ1v) is 6.35. The highest BCUT2D eigenvalue weighted by Gasteiger charge is 2.33. The van der Waals surface area contributed by atoms with Gasteiger partial charge in [0.15, 0.2) is 0 Å². The first kappa shape index (κ1) is 13.9. The van der Waals surface area contributed by atoms with E-state index in [0.29, 0.717) is 12.5 Å². The molecular formula is C13H27NO2. The maximum atomic E-state index is 10.0. The first-order chi connectivity index (χ1) is 7.30. The van der Waals surface area contributed by atoms with E-state index in [9.17, 15) is 5.11 Å². The molecule has 1 heterocycles. The highest BCUT2D eigenvalue weighted by molar-refractivity contribution is 4.87. The third-order valence-electron chi connectivity index (χ3n) is 3.32. The summed E-state index contributed by atoms with van der Waals surface area (Å²) >= 11 is 0. The molecule has 1 aliphatic rings. The van der Waals surface area contributed by atoms with E-state index in [1.165, 1.54) is 0 Å². The standard InChI is InChI=1S/C13H27NO2/c1-10(2)16-9-12(15)11-6-7-14(8-11)13(3,4)5/h10-12,15H,6-9H2,1-5H3. The van der Waals surface area contributed by atoms with Crippen molar-refractivity contribution in [2.75, 3.05) is 19.7 Å². The van der Waals surface area contributed by atoms with Gasteiger partial charge in [-0.2, -0.15) is 0 Å². The molecule has 0 saturated carbocycles. The van der Waals surface area contributed by atoms with Crippen molar-refractivity contribution in [3.05, 3.63) is 0 Å². The smallest absolute Gasteiger partial charge is 0.0814 e. The molecule has 3 nitrogen and oxygen atoms in total. The zero-order valence-electron chi connectivity index (χ0n) is 11.4. The third kappa shape index (κ3) is 4.04. The van der Waals surface area contributed by atoms with E-state index in [-0.39, 0.29) is 17.7 Å². The fourth-order valence-corrected chi connectivity index (χ4v) is 2.14. The van der Waals surface area contributed by atoms with Crippen molar-refractivity contribution in [2.24, 2.45) is 5.92 Å². The summed E-state index contributed by atoms with van der Waals surface area (Å²) in [5.74, 6) is 0.373. The van der Waals surface area contributed by atoms with E-state index in [4.69, 9.17) is 4.74 Å². The lowest BCUT2D eigenvalue weighted by Crippen LogP contribution is -2.40. The second-order valence-corrected chi connectivity index (χ2v) is 6.12. The van der Waals surface area contributed by atoms with Crippen LogP contribution in [0.4, 0.5) is 0 Å². The predicted octanol–water partition coefficient (Wildman–Crippen LogP) is 1.89. The lowest BCUT2D eigenvalue weighted by atomic mass is 10.0. The highest BCUT2D eigenvalue weighted by Crippen LogP contribution is 2.26. The minimum atomic E-state index is -0.310. The molecular weight excluding hydrogens is 202 g/mol. The Kier molecular flexibility index (Phi) is 4.77. The average Bonchev–Trinajstić information content (AvgIpc) is 2.61. The van der Waals surface area contributed by atoms with Gasteiger partial charge >= 0.3 is 0 Å². The average molecular weight is 229 g/mol. The second-order valence-electron chi connectivity index (χ2n) is 6.12. The van der Waals surface area contributed by atoms with Crippen molar-refractivity contribution in [1.82, 2.24) is 4.90 Å². The molecule has 1 aliphatic heterocycles. The maximum absolute atomic E-state index is 10.0. The predicted molar refractivity (Wildman–Crippen MR) is 66.5 cm³/mol. The van der Waals surface area contributed by atoms with E-state index in [1.807, 2.05) is 13.8 Å². The number of nitrogens with zero attached hydrogens (tertiary/aromatic N) is 1. The molecule has 0 spiro atoms. The van der Waals surface area contributed by atoms with Gasteiger partial charge in [0.05, 0.1) is 18.8 Å². The van der Waals surface area contributed by atoms with Gasteiger partial charge in [0.25, 0.3) is 0 Å². The van der Waals surface area contributed by atoms with Gasteiger partial charge in [-0.25, -0.2) is 0 Å². The fourth-order valence-electron chi connectivity index (χ4n) is 2.14. The number of hydrogen-bond acceptors (Lipinski definition) is 3. The molecule has 96 valence electrons. The lowest BCUT2D eigenvalue weighted by Gasteiger charge is -2.32. The summed E-state index contributed by atoms with van der Waals surface area (Å²) in [4.78, 5) is 2.44. The van der Waals surface area contributed by atoms with Gasteiger partial charge in [0, 0.05) is 18.0 Å². The van der Waals surface area contributed by atoms with Crippen molar-refractivity contribution >= 4 is 0 Å². The first-order valence-electron chi connectivity index (χ1n) is 6.35. The Balaban J connectivity index is 2.35. The summed E-state index contributed by atoms with van der Waals surface area (Å²) in [6.07, 6.45) is 0.976. The van der Waals surface area contributed by atoms with Crippen LogP contribution >= 0.6 is 0 Å². The number of ether oxygens (including phenoxy) is 1. The largest absolute Gasteiger partial charge is 0.390 e. The van der Waals surface area contributed by atoms with E-state index in [0.717, 1.165) is 19.5 Å². The van der Waals surface area contributed by atoms with Gasteiger partial charge in [-0.15, -0.1) is 0 Å². The van der Waals surface area contributed by atoms with Crippen molar-refractivity contribution < 1.29 is 9.84 Å². The van der Waals surface area contributed by atoms with Crippen LogP contribution in [0.15, 0.2) is 0 Å². The van der Waals surface area contributed by atoms with Gasteiger partial charge in [0.2, 0.25) is 0 Å². The second kappa shape index (κ2) is 5.48. The van der Waals surface area contributed by atoms with Crippen LogP contribution in [0.1, 0.15) is 41.0 Å². The van der Waals surface area contributed by atoms with Crippen LogP contribution in [-0.2, 0) is 4.74 Å². The van der Waals surface area contributed by atoms with Crippen LogP contribution in [0, 0.1) is 5.92 Å². The molecule has 0 aliphatic carbocycles. The number of rotatable bonds is 4. The van der Waals surface area contributed by atoms with Crippen molar-refractivity contribution in [2.45, 2.75) is 58.8 Å². The Bertz CT molecular complexity index is 210. The Labute approximate surface area is 99.8 Å². The minimum absolute atomic E-state index is 0.203. The number of aliphatic hydroxyl groups is 1. The van der Waals surface area contributed by atoms with Gasteiger partial charge < -0.3 is 9.84 Å². The van der Waals surface area contributed by atoms with E-state index >= 15 is 0 Å². The fraction of sp³-hybridized carbons (Fsp3) is 1.00. The molecule has 1 fully saturated rings. The molecule has 0 aromatic rings. The molecule has 2 unspecified atom stereocenters. The molecule has 0 radical (unpaired) electrons. The summed E-state index contributed by atoms with van der Waals surface area (Å²) in [6, 6.07) is 0. The zero-order chi connectivity index (χ0) is 12.3. The van der Waals surface area contributed by atoms with E-state index in [2.05, 4.69) is 25.7 Å². The molecule has 0 aromatic carbocycles. The van der Waals surface area contributed by atoms with Crippen LogP contribution < -0.4 is 0 Å². The SMILES string of the molecule is CC(C)OCC(O)C1CCN(C(C)(C)C)C1. The highest BCUT2D eigenvalue weighted by atomic mass is 16.5. The molecule has 16 heavy (non-hydrogen) atoms. The minimum Gasteiger partial charge on any atom is -0.390 e. The summed E-state index contributed by atoms with van der Waals surface area (Å²) < 4.78 is 5.47. The normalized spacial score (nSPS) is 25.3. The Morgan fingerprint density at radius 3 is 2.44 bits per heavy atom. The lowest BCUT2D eigenvalue weighted by molar-refractivity contribution is -0.0190. The van der Waals surface area contributed by atoms with Crippen LogP contribution in [-0.4, -0.2) is 47.4 Å². The third-order valence-corrected chi connectivity index (χ3v) is 3.32. The van der Waals surface area contributed by atoms with Crippen LogP contribution in [0.25, 0.3) is 0 Å². The molecule has 0 aromatic heterocycles. The Hall–Kier alpha value is -0.120. The summed E-state index contributed by atoms with van der Waals surface area (Å²) in [5, 5.41) is 10.0. The van der Waals surface area contributed by atoms with Crippen LogP contribution in [0.5, 0.6) is 0 Å². The molecule has 0 bridgehead atoms. The van der Waals surface area contributed by atoms with Gasteiger partial charge in [0.1, 0.15) is 0 Å². The zero-order valence-corrected chi connectivity index (χ0v) is 11.4. The Morgan fingerprint density at radius 1 is 1.38 bits per heavy atom.